The van der Waals surface area contributed by atoms with Crippen molar-refractivity contribution in [2.24, 2.45) is 11.3 Å². The van der Waals surface area contributed by atoms with Crippen molar-refractivity contribution >= 4 is 23.5 Å². The van der Waals surface area contributed by atoms with Gasteiger partial charge in [0.05, 0.1) is 6.04 Å². The Labute approximate surface area is 219 Å². The Morgan fingerprint density at radius 2 is 1.82 bits per heavy atom. The van der Waals surface area contributed by atoms with E-state index in [1.54, 1.807) is 12.1 Å². The maximum absolute atomic E-state index is 13.5. The maximum Gasteiger partial charge on any atom is 0.522 e. The molecule has 1 aliphatic carbocycles. The fraction of sp³-hybridized carbons (Fsp3) is 0.630. The molecule has 0 unspecified atom stereocenters. The zero-order chi connectivity index (χ0) is 27.9. The van der Waals surface area contributed by atoms with E-state index in [9.17, 15) is 32.3 Å². The van der Waals surface area contributed by atoms with Gasteiger partial charge >= 0.3 is 6.36 Å². The lowest BCUT2D eigenvalue weighted by molar-refractivity contribution is -0.321. The van der Waals surface area contributed by atoms with Gasteiger partial charge < -0.3 is 15.5 Å². The van der Waals surface area contributed by atoms with E-state index >= 15 is 0 Å². The van der Waals surface area contributed by atoms with E-state index in [-0.39, 0.29) is 29.1 Å². The molecule has 1 aromatic carbocycles. The fourth-order valence-corrected chi connectivity index (χ4v) is 5.27. The summed E-state index contributed by atoms with van der Waals surface area (Å²) in [5, 5.41) is 5.19. The van der Waals surface area contributed by atoms with Gasteiger partial charge in [-0.3, -0.25) is 23.9 Å². The molecule has 1 aromatic rings. The van der Waals surface area contributed by atoms with Crippen LogP contribution in [0.2, 0.25) is 0 Å². The molecule has 3 amide bonds. The largest absolute Gasteiger partial charge is 0.522 e. The van der Waals surface area contributed by atoms with Crippen LogP contribution in [0.25, 0.3) is 0 Å². The smallest absolute Gasteiger partial charge is 0.356 e. The highest BCUT2D eigenvalue weighted by Crippen LogP contribution is 2.55. The first kappa shape index (κ1) is 28.1. The van der Waals surface area contributed by atoms with E-state index in [0.29, 0.717) is 31.5 Å². The number of ether oxygens (including phenoxy) is 1. The van der Waals surface area contributed by atoms with Gasteiger partial charge in [-0.05, 0) is 60.6 Å². The van der Waals surface area contributed by atoms with Crippen LogP contribution in [0.3, 0.4) is 0 Å². The predicted octanol–water partition coefficient (Wildman–Crippen LogP) is 3.10. The minimum absolute atomic E-state index is 0.0939. The molecule has 2 N–H and O–H groups in total. The van der Waals surface area contributed by atoms with Gasteiger partial charge in [0.25, 0.3) is 5.91 Å². The number of amides is 3. The summed E-state index contributed by atoms with van der Waals surface area (Å²) in [5.74, 6) is -2.84. The maximum atomic E-state index is 13.5. The number of halogens is 3. The highest BCUT2D eigenvalue weighted by molar-refractivity contribution is 5.99. The summed E-state index contributed by atoms with van der Waals surface area (Å²) >= 11 is 0. The van der Waals surface area contributed by atoms with E-state index < -0.39 is 42.7 Å². The Kier molecular flexibility index (Phi) is 7.62. The van der Waals surface area contributed by atoms with E-state index in [2.05, 4.69) is 36.1 Å². The van der Waals surface area contributed by atoms with Crippen molar-refractivity contribution < 1.29 is 37.1 Å². The molecular formula is C27H34F3N3O5. The van der Waals surface area contributed by atoms with Crippen LogP contribution in [0.15, 0.2) is 24.3 Å². The Bertz CT molecular complexity index is 1090. The molecule has 1 saturated carbocycles. The molecule has 3 aliphatic rings. The van der Waals surface area contributed by atoms with Crippen molar-refractivity contribution in [1.82, 2.24) is 15.5 Å². The van der Waals surface area contributed by atoms with Gasteiger partial charge in [0.2, 0.25) is 11.8 Å². The van der Waals surface area contributed by atoms with Gasteiger partial charge in [-0.1, -0.05) is 32.9 Å². The third-order valence-corrected chi connectivity index (χ3v) is 7.79. The van der Waals surface area contributed by atoms with Gasteiger partial charge in [0, 0.05) is 24.6 Å². The Morgan fingerprint density at radius 1 is 1.16 bits per heavy atom. The number of benzene rings is 1. The van der Waals surface area contributed by atoms with Gasteiger partial charge in [-0.15, -0.1) is 13.2 Å². The molecule has 3 atom stereocenters. The lowest BCUT2D eigenvalue weighted by atomic mass is 9.86. The number of carbonyl (C=O) groups excluding carboxylic acids is 4. The van der Waals surface area contributed by atoms with Crippen molar-refractivity contribution in [2.75, 3.05) is 19.7 Å². The van der Waals surface area contributed by atoms with Gasteiger partial charge in [0.15, 0.2) is 5.78 Å². The molecule has 0 radical (unpaired) electrons. The lowest BCUT2D eigenvalue weighted by Gasteiger charge is -2.27. The standard InChI is InChI=1S/C27H34F3N3O5/c1-25(2,3)18-6-4-16(5-7-18)24(37)33-15-26(9-10-26)13-20(33)23(36)32-19(12-17-8-11-31-22(17)35)21(34)14-38-27(28,29)30/h4-7,17,19-20H,8-15H2,1-3H3,(H,31,35)(H,32,36)/t17-,19-,20-/m0/s1. The number of alkyl halides is 3. The van der Waals surface area contributed by atoms with Crippen molar-refractivity contribution in [1.29, 1.82) is 0 Å². The molecule has 2 heterocycles. The van der Waals surface area contributed by atoms with Crippen molar-refractivity contribution in [3.05, 3.63) is 35.4 Å². The highest BCUT2D eigenvalue weighted by Gasteiger charge is 2.55. The first-order chi connectivity index (χ1) is 17.7. The Hall–Kier alpha value is -2.95. The summed E-state index contributed by atoms with van der Waals surface area (Å²) < 4.78 is 41.4. The number of carbonyl (C=O) groups is 4. The zero-order valence-electron chi connectivity index (χ0n) is 21.8. The molecule has 8 nitrogen and oxygen atoms in total. The van der Waals surface area contributed by atoms with Crippen LogP contribution in [-0.2, 0) is 24.5 Å². The second kappa shape index (κ2) is 10.3. The number of hydrogen-bond donors (Lipinski definition) is 2. The Balaban J connectivity index is 1.50. The average molecular weight is 538 g/mol. The van der Waals surface area contributed by atoms with Crippen LogP contribution >= 0.6 is 0 Å². The summed E-state index contributed by atoms with van der Waals surface area (Å²) in [6.07, 6.45) is -2.60. The molecule has 11 heteroatoms. The van der Waals surface area contributed by atoms with Gasteiger partial charge in [0.1, 0.15) is 12.6 Å². The molecule has 38 heavy (non-hydrogen) atoms. The van der Waals surface area contributed by atoms with Crippen molar-refractivity contribution in [3.63, 3.8) is 0 Å². The monoisotopic (exact) mass is 537 g/mol. The number of nitrogens with zero attached hydrogens (tertiary/aromatic N) is 1. The van der Waals surface area contributed by atoms with E-state index in [1.165, 1.54) is 4.90 Å². The number of hydrogen-bond acceptors (Lipinski definition) is 5. The zero-order valence-corrected chi connectivity index (χ0v) is 21.8. The molecule has 2 saturated heterocycles. The van der Waals surface area contributed by atoms with Crippen LogP contribution in [0, 0.1) is 11.3 Å². The van der Waals surface area contributed by atoms with Crippen LogP contribution in [-0.4, -0.2) is 66.5 Å². The molecule has 4 rings (SSSR count). The van der Waals surface area contributed by atoms with Gasteiger partial charge in [-0.25, -0.2) is 0 Å². The van der Waals surface area contributed by atoms with Crippen LogP contribution < -0.4 is 10.6 Å². The normalized spacial score (nSPS) is 23.3. The summed E-state index contributed by atoms with van der Waals surface area (Å²) in [4.78, 5) is 53.2. The minimum Gasteiger partial charge on any atom is -0.356 e. The molecule has 208 valence electrons. The average Bonchev–Trinajstić information content (AvgIpc) is 3.30. The summed E-state index contributed by atoms with van der Waals surface area (Å²) in [6, 6.07) is 5.01. The summed E-state index contributed by atoms with van der Waals surface area (Å²) in [6.45, 7) is 5.70. The topological polar surface area (TPSA) is 105 Å². The second-order valence-electron chi connectivity index (χ2n) is 11.8. The molecule has 2 aliphatic heterocycles. The fourth-order valence-electron chi connectivity index (χ4n) is 5.27. The number of ketones is 1. The third-order valence-electron chi connectivity index (χ3n) is 7.79. The molecule has 0 aromatic heterocycles. The van der Waals surface area contributed by atoms with Crippen LogP contribution in [0.1, 0.15) is 68.8 Å². The first-order valence-corrected chi connectivity index (χ1v) is 12.9. The Morgan fingerprint density at radius 3 is 2.34 bits per heavy atom. The van der Waals surface area contributed by atoms with E-state index in [1.807, 2.05) is 12.1 Å². The van der Waals surface area contributed by atoms with E-state index in [0.717, 1.165) is 18.4 Å². The predicted molar refractivity (Wildman–Crippen MR) is 131 cm³/mol. The van der Waals surface area contributed by atoms with E-state index in [4.69, 9.17) is 0 Å². The first-order valence-electron chi connectivity index (χ1n) is 12.9. The minimum atomic E-state index is -5.01. The van der Waals surface area contributed by atoms with Gasteiger partial charge in [-0.2, -0.15) is 0 Å². The molecule has 3 fully saturated rings. The SMILES string of the molecule is CC(C)(C)c1ccc(C(=O)N2CC3(CC3)C[C@H]2C(=O)N[C@@H](C[C@@H]2CCNC2=O)C(=O)COC(F)(F)F)cc1. The quantitative estimate of drug-likeness (QED) is 0.531. The van der Waals surface area contributed by atoms with Crippen LogP contribution in [0.4, 0.5) is 13.2 Å². The second-order valence-corrected chi connectivity index (χ2v) is 11.8. The molecular weight excluding hydrogens is 503 g/mol. The van der Waals surface area contributed by atoms with Crippen molar-refractivity contribution in [2.45, 2.75) is 76.7 Å². The third kappa shape index (κ3) is 6.54. The highest BCUT2D eigenvalue weighted by atomic mass is 19.4. The number of Topliss-reactive ketones (excluding diaryl/α,β-unsaturated/α-hetero) is 1. The number of nitrogens with one attached hydrogen (secondary N) is 2. The molecule has 1 spiro atoms. The lowest BCUT2D eigenvalue weighted by Crippen LogP contribution is -2.52. The summed E-state index contributed by atoms with van der Waals surface area (Å²) in [7, 11) is 0. The number of rotatable bonds is 8. The number of likely N-dealkylation sites (tertiary alicyclic amines) is 1. The van der Waals surface area contributed by atoms with Crippen LogP contribution in [0.5, 0.6) is 0 Å². The van der Waals surface area contributed by atoms with Crippen molar-refractivity contribution in [3.8, 4) is 0 Å². The molecule has 0 bridgehead atoms. The summed E-state index contributed by atoms with van der Waals surface area (Å²) in [5.41, 5.74) is 1.24.